The van der Waals surface area contributed by atoms with Crippen molar-refractivity contribution in [3.63, 3.8) is 0 Å². The van der Waals surface area contributed by atoms with E-state index in [1.807, 2.05) is 13.8 Å². The van der Waals surface area contributed by atoms with Crippen molar-refractivity contribution in [2.45, 2.75) is 13.8 Å². The van der Waals surface area contributed by atoms with Crippen LogP contribution in [-0.2, 0) is 4.74 Å². The summed E-state index contributed by atoms with van der Waals surface area (Å²) >= 11 is 0. The van der Waals surface area contributed by atoms with Gasteiger partial charge in [-0.05, 0) is 13.8 Å². The van der Waals surface area contributed by atoms with Crippen LogP contribution in [0.4, 0.5) is 4.79 Å². The second-order valence-electron chi connectivity index (χ2n) is 2.81. The van der Waals surface area contributed by atoms with Crippen molar-refractivity contribution in [1.82, 2.24) is 4.90 Å². The van der Waals surface area contributed by atoms with Gasteiger partial charge in [0.25, 0.3) is 0 Å². The van der Waals surface area contributed by atoms with Crippen LogP contribution in [0.2, 0.25) is 0 Å². The highest BCUT2D eigenvalue weighted by Crippen LogP contribution is 1.98. The molecule has 0 aliphatic rings. The van der Waals surface area contributed by atoms with Crippen LogP contribution in [0, 0.1) is 0 Å². The maximum absolute atomic E-state index is 11.2. The zero-order valence-corrected chi connectivity index (χ0v) is 8.25. The summed E-state index contributed by atoms with van der Waals surface area (Å²) in [6.07, 6.45) is -0.403. The van der Waals surface area contributed by atoms with Crippen LogP contribution in [0.25, 0.3) is 0 Å². The summed E-state index contributed by atoms with van der Waals surface area (Å²) in [5, 5.41) is 8.44. The van der Waals surface area contributed by atoms with E-state index in [0.29, 0.717) is 13.1 Å². The van der Waals surface area contributed by atoms with Gasteiger partial charge in [-0.15, -0.1) is 0 Å². The first-order valence-electron chi connectivity index (χ1n) is 4.28. The molecular formula is C9H17NO3. The van der Waals surface area contributed by atoms with Crippen LogP contribution in [0.3, 0.4) is 0 Å². The Bertz CT molecular complexity index is 180. The van der Waals surface area contributed by atoms with Crippen molar-refractivity contribution in [2.24, 2.45) is 0 Å². The van der Waals surface area contributed by atoms with E-state index in [0.717, 1.165) is 5.57 Å². The van der Waals surface area contributed by atoms with E-state index < -0.39 is 6.09 Å². The molecule has 0 heterocycles. The molecule has 1 amide bonds. The zero-order chi connectivity index (χ0) is 10.3. The molecule has 0 rings (SSSR count). The van der Waals surface area contributed by atoms with Gasteiger partial charge >= 0.3 is 6.09 Å². The third-order valence-electron chi connectivity index (χ3n) is 1.42. The number of carbonyl (C=O) groups is 1. The van der Waals surface area contributed by atoms with Gasteiger partial charge in [0, 0.05) is 13.1 Å². The first kappa shape index (κ1) is 12.0. The molecule has 13 heavy (non-hydrogen) atoms. The number of aliphatic hydroxyl groups excluding tert-OH is 1. The van der Waals surface area contributed by atoms with E-state index >= 15 is 0 Å². The van der Waals surface area contributed by atoms with Crippen LogP contribution >= 0.6 is 0 Å². The third-order valence-corrected chi connectivity index (χ3v) is 1.42. The van der Waals surface area contributed by atoms with Gasteiger partial charge in [0.1, 0.15) is 6.61 Å². The molecule has 0 aliphatic heterocycles. The summed E-state index contributed by atoms with van der Waals surface area (Å²) in [7, 11) is 0. The summed E-state index contributed by atoms with van der Waals surface area (Å²) in [6, 6.07) is 0. The first-order valence-corrected chi connectivity index (χ1v) is 4.28. The van der Waals surface area contributed by atoms with Crippen molar-refractivity contribution in [1.29, 1.82) is 0 Å². The fraction of sp³-hybridized carbons (Fsp3) is 0.667. The maximum atomic E-state index is 11.2. The topological polar surface area (TPSA) is 49.8 Å². The molecule has 0 aliphatic carbocycles. The lowest BCUT2D eigenvalue weighted by atomic mass is 10.3. The highest BCUT2D eigenvalue weighted by atomic mass is 16.6. The Morgan fingerprint density at radius 1 is 1.62 bits per heavy atom. The molecule has 0 fully saturated rings. The minimum Gasteiger partial charge on any atom is -0.447 e. The fourth-order valence-corrected chi connectivity index (χ4v) is 0.856. The molecule has 0 aromatic rings. The second-order valence-corrected chi connectivity index (χ2v) is 2.81. The van der Waals surface area contributed by atoms with Crippen molar-refractivity contribution < 1.29 is 14.6 Å². The normalized spacial score (nSPS) is 9.46. The van der Waals surface area contributed by atoms with Gasteiger partial charge < -0.3 is 14.7 Å². The number of carbonyl (C=O) groups excluding carboxylic acids is 1. The third kappa shape index (κ3) is 5.25. The van der Waals surface area contributed by atoms with E-state index in [9.17, 15) is 4.79 Å². The van der Waals surface area contributed by atoms with Crippen LogP contribution in [0.1, 0.15) is 13.8 Å². The molecule has 0 aromatic heterocycles. The van der Waals surface area contributed by atoms with Crippen LogP contribution in [0.5, 0.6) is 0 Å². The van der Waals surface area contributed by atoms with E-state index in [4.69, 9.17) is 9.84 Å². The second kappa shape index (κ2) is 6.48. The van der Waals surface area contributed by atoms with Crippen molar-refractivity contribution in [2.75, 3.05) is 26.3 Å². The molecular weight excluding hydrogens is 170 g/mol. The number of amides is 1. The van der Waals surface area contributed by atoms with Crippen molar-refractivity contribution in [3.8, 4) is 0 Å². The summed E-state index contributed by atoms with van der Waals surface area (Å²) < 4.78 is 4.74. The van der Waals surface area contributed by atoms with Gasteiger partial charge in [-0.25, -0.2) is 4.79 Å². The highest BCUT2D eigenvalue weighted by molar-refractivity contribution is 5.67. The Kier molecular flexibility index (Phi) is 5.97. The molecule has 0 bridgehead atoms. The van der Waals surface area contributed by atoms with Crippen LogP contribution in [-0.4, -0.2) is 42.4 Å². The summed E-state index contributed by atoms with van der Waals surface area (Å²) in [5.41, 5.74) is 0.905. The predicted octanol–water partition coefficient (Wildman–Crippen LogP) is 1.01. The molecule has 0 saturated heterocycles. The first-order chi connectivity index (χ1) is 6.11. The van der Waals surface area contributed by atoms with E-state index in [1.165, 1.54) is 4.90 Å². The average molecular weight is 187 g/mol. The predicted molar refractivity (Wildman–Crippen MR) is 50.5 cm³/mol. The molecule has 0 saturated carbocycles. The zero-order valence-electron chi connectivity index (χ0n) is 8.25. The Hall–Kier alpha value is -1.03. The molecule has 0 unspecified atom stereocenters. The minimum absolute atomic E-state index is 0.0471. The summed E-state index contributed by atoms with van der Waals surface area (Å²) in [4.78, 5) is 12.7. The lowest BCUT2D eigenvalue weighted by Crippen LogP contribution is -2.33. The quantitative estimate of drug-likeness (QED) is 0.653. The number of aliphatic hydroxyl groups is 1. The Morgan fingerprint density at radius 2 is 2.23 bits per heavy atom. The van der Waals surface area contributed by atoms with Crippen LogP contribution < -0.4 is 0 Å². The average Bonchev–Trinajstić information content (AvgIpc) is 2.09. The van der Waals surface area contributed by atoms with Gasteiger partial charge in [-0.3, -0.25) is 0 Å². The Morgan fingerprint density at radius 3 is 2.62 bits per heavy atom. The number of rotatable bonds is 5. The summed E-state index contributed by atoms with van der Waals surface area (Å²) in [5.74, 6) is 0. The number of ether oxygens (including phenoxy) is 1. The van der Waals surface area contributed by atoms with Gasteiger partial charge in [-0.1, -0.05) is 12.2 Å². The molecule has 4 heteroatoms. The minimum atomic E-state index is -0.403. The van der Waals surface area contributed by atoms with Crippen molar-refractivity contribution >= 4 is 6.09 Å². The number of likely N-dealkylation sites (N-methyl/N-ethyl adjacent to an activating group) is 1. The van der Waals surface area contributed by atoms with Crippen LogP contribution in [0.15, 0.2) is 12.2 Å². The van der Waals surface area contributed by atoms with E-state index in [1.54, 1.807) is 0 Å². The molecule has 0 spiro atoms. The lowest BCUT2D eigenvalue weighted by molar-refractivity contribution is 0.0881. The number of nitrogens with zero attached hydrogens (tertiary/aromatic N) is 1. The largest absolute Gasteiger partial charge is 0.447 e. The van der Waals surface area contributed by atoms with E-state index in [-0.39, 0.29) is 13.2 Å². The number of hydrogen-bond donors (Lipinski definition) is 1. The number of hydrogen-bond acceptors (Lipinski definition) is 3. The molecule has 0 radical (unpaired) electrons. The Balaban J connectivity index is 3.92. The molecule has 0 atom stereocenters. The molecule has 76 valence electrons. The summed E-state index contributed by atoms with van der Waals surface area (Å²) in [6.45, 7) is 8.41. The highest BCUT2D eigenvalue weighted by Gasteiger charge is 2.11. The van der Waals surface area contributed by atoms with E-state index in [2.05, 4.69) is 6.58 Å². The van der Waals surface area contributed by atoms with Crippen molar-refractivity contribution in [3.05, 3.63) is 12.2 Å². The Labute approximate surface area is 78.8 Å². The smallest absolute Gasteiger partial charge is 0.410 e. The molecule has 4 nitrogen and oxygen atoms in total. The standard InChI is InChI=1S/C9H17NO3/c1-4-10(7-8(2)3)9(12)13-6-5-11/h11H,2,4-7H2,1,3H3. The fourth-order valence-electron chi connectivity index (χ4n) is 0.856. The monoisotopic (exact) mass is 187 g/mol. The molecule has 1 N–H and O–H groups in total. The van der Waals surface area contributed by atoms with Gasteiger partial charge in [0.15, 0.2) is 0 Å². The maximum Gasteiger partial charge on any atom is 0.410 e. The molecule has 0 aromatic carbocycles. The van der Waals surface area contributed by atoms with Gasteiger partial charge in [0.2, 0.25) is 0 Å². The van der Waals surface area contributed by atoms with Gasteiger partial charge in [-0.2, -0.15) is 0 Å². The SMILES string of the molecule is C=C(C)CN(CC)C(=O)OCCO. The lowest BCUT2D eigenvalue weighted by Gasteiger charge is -2.19. The van der Waals surface area contributed by atoms with Gasteiger partial charge in [0.05, 0.1) is 6.61 Å².